The maximum atomic E-state index is 13.5. The highest BCUT2D eigenvalue weighted by atomic mass is 16.5. The van der Waals surface area contributed by atoms with Crippen LogP contribution in [0.2, 0.25) is 0 Å². The van der Waals surface area contributed by atoms with Crippen LogP contribution >= 0.6 is 0 Å². The van der Waals surface area contributed by atoms with Crippen LogP contribution in [0.25, 0.3) is 0 Å². The van der Waals surface area contributed by atoms with Crippen LogP contribution in [-0.2, 0) is 13.2 Å². The van der Waals surface area contributed by atoms with Crippen LogP contribution in [0.1, 0.15) is 44.5 Å². The summed E-state index contributed by atoms with van der Waals surface area (Å²) < 4.78 is 17.4. The zero-order valence-electron chi connectivity index (χ0n) is 20.1. The van der Waals surface area contributed by atoms with Gasteiger partial charge < -0.3 is 24.1 Å². The molecule has 178 valence electrons. The molecule has 1 aliphatic heterocycles. The molecule has 6 heteroatoms. The van der Waals surface area contributed by atoms with E-state index in [-0.39, 0.29) is 12.1 Å². The highest BCUT2D eigenvalue weighted by molar-refractivity contribution is 6.01. The van der Waals surface area contributed by atoms with Crippen LogP contribution in [0.3, 0.4) is 0 Å². The average molecular weight is 469 g/mol. The Bertz CT molecular complexity index is 1350. The van der Waals surface area contributed by atoms with Crippen molar-refractivity contribution in [2.24, 2.45) is 0 Å². The Morgan fingerprint density at radius 2 is 1.83 bits per heavy atom. The van der Waals surface area contributed by atoms with Crippen molar-refractivity contribution in [1.82, 2.24) is 4.90 Å². The first-order chi connectivity index (χ1) is 17.0. The number of para-hydroxylation sites is 1. The van der Waals surface area contributed by atoms with Gasteiger partial charge in [-0.25, -0.2) is 0 Å². The van der Waals surface area contributed by atoms with Crippen molar-refractivity contribution in [3.8, 4) is 11.5 Å². The third kappa shape index (κ3) is 4.47. The molecule has 2 heterocycles. The predicted octanol–water partition coefficient (Wildman–Crippen LogP) is 6.25. The summed E-state index contributed by atoms with van der Waals surface area (Å²) in [5.74, 6) is 2.25. The minimum atomic E-state index is -0.382. The van der Waals surface area contributed by atoms with Crippen molar-refractivity contribution in [1.29, 1.82) is 0 Å². The SMILES string of the molecule is COc1ccc(C2Nc3ccccc3C(=O)N2Cc2ccco2)cc1COc1cccc(C)c1C. The predicted molar refractivity (Wildman–Crippen MR) is 135 cm³/mol. The van der Waals surface area contributed by atoms with Gasteiger partial charge in [0.2, 0.25) is 0 Å². The molecule has 1 atom stereocenters. The van der Waals surface area contributed by atoms with E-state index in [1.807, 2.05) is 66.7 Å². The van der Waals surface area contributed by atoms with Gasteiger partial charge in [0.25, 0.3) is 5.91 Å². The van der Waals surface area contributed by atoms with Crippen molar-refractivity contribution < 1.29 is 18.7 Å². The van der Waals surface area contributed by atoms with Gasteiger partial charge in [0.1, 0.15) is 30.0 Å². The van der Waals surface area contributed by atoms with Crippen LogP contribution in [-0.4, -0.2) is 17.9 Å². The molecule has 5 rings (SSSR count). The minimum Gasteiger partial charge on any atom is -0.496 e. The molecular weight excluding hydrogens is 440 g/mol. The van der Waals surface area contributed by atoms with Crippen LogP contribution in [0, 0.1) is 13.8 Å². The van der Waals surface area contributed by atoms with Crippen LogP contribution in [0.5, 0.6) is 11.5 Å². The van der Waals surface area contributed by atoms with Gasteiger partial charge in [-0.15, -0.1) is 0 Å². The maximum absolute atomic E-state index is 13.5. The number of carbonyl (C=O) groups excluding carboxylic acids is 1. The maximum Gasteiger partial charge on any atom is 0.258 e. The molecule has 6 nitrogen and oxygen atoms in total. The molecule has 3 aromatic carbocycles. The van der Waals surface area contributed by atoms with E-state index in [0.29, 0.717) is 18.7 Å². The van der Waals surface area contributed by atoms with E-state index in [2.05, 4.69) is 25.2 Å². The van der Waals surface area contributed by atoms with E-state index < -0.39 is 0 Å². The molecule has 0 aliphatic carbocycles. The van der Waals surface area contributed by atoms with Crippen LogP contribution < -0.4 is 14.8 Å². The molecule has 1 N–H and O–H groups in total. The smallest absolute Gasteiger partial charge is 0.258 e. The number of ether oxygens (including phenoxy) is 2. The lowest BCUT2D eigenvalue weighted by Crippen LogP contribution is -2.42. The van der Waals surface area contributed by atoms with Gasteiger partial charge in [0.15, 0.2) is 0 Å². The largest absolute Gasteiger partial charge is 0.496 e. The number of benzene rings is 3. The lowest BCUT2D eigenvalue weighted by Gasteiger charge is -2.38. The number of hydrogen-bond donors (Lipinski definition) is 1. The second kappa shape index (κ2) is 9.58. The summed E-state index contributed by atoms with van der Waals surface area (Å²) in [5, 5.41) is 3.54. The van der Waals surface area contributed by atoms with E-state index >= 15 is 0 Å². The number of methoxy groups -OCH3 is 1. The summed E-state index contributed by atoms with van der Waals surface area (Å²) in [6.45, 7) is 4.81. The first-order valence-electron chi connectivity index (χ1n) is 11.6. The Morgan fingerprint density at radius 3 is 2.63 bits per heavy atom. The molecule has 1 unspecified atom stereocenters. The Hall–Kier alpha value is -4.19. The number of fused-ring (bicyclic) bond motifs is 1. The molecule has 0 fully saturated rings. The van der Waals surface area contributed by atoms with E-state index in [1.54, 1.807) is 18.3 Å². The molecule has 1 aromatic heterocycles. The Morgan fingerprint density at radius 1 is 0.971 bits per heavy atom. The standard InChI is InChI=1S/C29H28N2O4/c1-19-8-6-12-26(20(19)2)35-18-22-16-21(13-14-27(22)33-3)28-30-25-11-5-4-10-24(25)29(32)31(28)17-23-9-7-15-34-23/h4-16,28,30H,17-18H2,1-3H3. The van der Waals surface area contributed by atoms with Crippen molar-refractivity contribution in [2.75, 3.05) is 12.4 Å². The average Bonchev–Trinajstić information content (AvgIpc) is 3.40. The molecule has 0 bridgehead atoms. The Kier molecular flexibility index (Phi) is 6.19. The number of amides is 1. The van der Waals surface area contributed by atoms with E-state index in [0.717, 1.165) is 39.6 Å². The molecule has 0 radical (unpaired) electrons. The van der Waals surface area contributed by atoms with Gasteiger partial charge >= 0.3 is 0 Å². The Balaban J connectivity index is 1.49. The molecule has 1 aliphatic rings. The minimum absolute atomic E-state index is 0.0512. The Labute approximate surface area is 205 Å². The lowest BCUT2D eigenvalue weighted by molar-refractivity contribution is 0.0651. The van der Waals surface area contributed by atoms with Crippen LogP contribution in [0.4, 0.5) is 5.69 Å². The second-order valence-electron chi connectivity index (χ2n) is 8.66. The summed E-state index contributed by atoms with van der Waals surface area (Å²) in [7, 11) is 1.65. The highest BCUT2D eigenvalue weighted by Crippen LogP contribution is 2.36. The fourth-order valence-corrected chi connectivity index (χ4v) is 4.41. The number of hydrogen-bond acceptors (Lipinski definition) is 5. The molecule has 4 aromatic rings. The summed E-state index contributed by atoms with van der Waals surface area (Å²) >= 11 is 0. The van der Waals surface area contributed by atoms with E-state index in [1.165, 1.54) is 5.56 Å². The summed E-state index contributed by atoms with van der Waals surface area (Å²) in [6.07, 6.45) is 1.24. The number of nitrogens with one attached hydrogen (secondary N) is 1. The molecule has 0 saturated heterocycles. The molecule has 0 saturated carbocycles. The number of furan rings is 1. The van der Waals surface area contributed by atoms with E-state index in [9.17, 15) is 4.79 Å². The third-order valence-corrected chi connectivity index (χ3v) is 6.49. The second-order valence-corrected chi connectivity index (χ2v) is 8.66. The number of carbonyl (C=O) groups is 1. The van der Waals surface area contributed by atoms with Gasteiger partial charge in [-0.1, -0.05) is 30.3 Å². The zero-order chi connectivity index (χ0) is 24.4. The van der Waals surface area contributed by atoms with Crippen molar-refractivity contribution >= 4 is 11.6 Å². The van der Waals surface area contributed by atoms with Crippen molar-refractivity contribution in [3.63, 3.8) is 0 Å². The first-order valence-corrected chi connectivity index (χ1v) is 11.6. The third-order valence-electron chi connectivity index (χ3n) is 6.49. The monoisotopic (exact) mass is 468 g/mol. The summed E-state index contributed by atoms with van der Waals surface area (Å²) in [5.41, 5.74) is 5.57. The van der Waals surface area contributed by atoms with Gasteiger partial charge in [-0.05, 0) is 73.0 Å². The molecule has 1 amide bonds. The van der Waals surface area contributed by atoms with E-state index in [4.69, 9.17) is 13.9 Å². The molecule has 0 spiro atoms. The van der Waals surface area contributed by atoms with Crippen molar-refractivity contribution in [3.05, 3.63) is 113 Å². The number of anilines is 1. The number of nitrogens with zero attached hydrogens (tertiary/aromatic N) is 1. The fraction of sp³-hybridized carbons (Fsp3) is 0.207. The number of rotatable bonds is 7. The highest BCUT2D eigenvalue weighted by Gasteiger charge is 2.33. The van der Waals surface area contributed by atoms with Gasteiger partial charge in [0, 0.05) is 11.3 Å². The molecule has 35 heavy (non-hydrogen) atoms. The summed E-state index contributed by atoms with van der Waals surface area (Å²) in [6, 6.07) is 23.3. The molecular formula is C29H28N2O4. The van der Waals surface area contributed by atoms with Crippen LogP contribution in [0.15, 0.2) is 83.5 Å². The fourth-order valence-electron chi connectivity index (χ4n) is 4.41. The quantitative estimate of drug-likeness (QED) is 0.347. The van der Waals surface area contributed by atoms with Gasteiger partial charge in [-0.3, -0.25) is 4.79 Å². The summed E-state index contributed by atoms with van der Waals surface area (Å²) in [4.78, 5) is 15.3. The van der Waals surface area contributed by atoms with Gasteiger partial charge in [0.05, 0.1) is 25.5 Å². The van der Waals surface area contributed by atoms with Crippen molar-refractivity contribution in [2.45, 2.75) is 33.2 Å². The van der Waals surface area contributed by atoms with Gasteiger partial charge in [-0.2, -0.15) is 0 Å². The topological polar surface area (TPSA) is 63.9 Å². The number of aryl methyl sites for hydroxylation is 1. The lowest BCUT2D eigenvalue weighted by atomic mass is 10.0. The normalized spacial score (nSPS) is 14.9. The first kappa shape index (κ1) is 22.6. The zero-order valence-corrected chi connectivity index (χ0v) is 20.1.